The smallest absolute Gasteiger partial charge is 0.105 e. The maximum Gasteiger partial charge on any atom is 0.105 e. The molecule has 0 bridgehead atoms. The van der Waals surface area contributed by atoms with E-state index in [9.17, 15) is 5.53 Å². The minimum atomic E-state index is -0.492. The molecule has 0 amide bonds. The van der Waals surface area contributed by atoms with Crippen molar-refractivity contribution in [3.8, 4) is 0 Å². The number of hydrogen-bond donors (Lipinski definition) is 1. The quantitative estimate of drug-likeness (QED) is 0.401. The number of rotatable bonds is 4. The van der Waals surface area contributed by atoms with E-state index in [4.69, 9.17) is 4.98 Å². The molecular weight excluding hydrogens is 388 g/mol. The van der Waals surface area contributed by atoms with E-state index >= 15 is 0 Å². The number of nitrogens with zero attached hydrogens (tertiary/aromatic N) is 7. The largest absolute Gasteiger partial charge is 0.337 e. The van der Waals surface area contributed by atoms with Crippen molar-refractivity contribution in [2.24, 2.45) is 12.2 Å². The Hall–Kier alpha value is -3.45. The molecule has 2 aliphatic rings. The molecule has 0 spiro atoms. The summed E-state index contributed by atoms with van der Waals surface area (Å²) in [6.07, 6.45) is 7.50. The highest BCUT2D eigenvalue weighted by molar-refractivity contribution is 5.88. The topological polar surface area (TPSA) is 94.7 Å². The summed E-state index contributed by atoms with van der Waals surface area (Å²) in [6, 6.07) is 12.0. The second-order valence-corrected chi connectivity index (χ2v) is 7.89. The molecule has 1 aliphatic heterocycles. The Bertz CT molecular complexity index is 1170. The SMILES string of the molecule is Cn1cncc1C(N=[N+]=[N-])C1=Cc2cccnc2[C@@H](N2CCNCC2)c2ccccc21. The van der Waals surface area contributed by atoms with Gasteiger partial charge >= 0.3 is 0 Å². The molecule has 8 heteroatoms. The van der Waals surface area contributed by atoms with E-state index in [0.29, 0.717) is 0 Å². The van der Waals surface area contributed by atoms with Crippen LogP contribution in [-0.2, 0) is 7.05 Å². The zero-order valence-corrected chi connectivity index (χ0v) is 17.4. The van der Waals surface area contributed by atoms with E-state index in [1.54, 1.807) is 12.5 Å². The van der Waals surface area contributed by atoms with Gasteiger partial charge in [0.2, 0.25) is 0 Å². The van der Waals surface area contributed by atoms with E-state index in [1.807, 2.05) is 29.9 Å². The van der Waals surface area contributed by atoms with Crippen LogP contribution in [0.3, 0.4) is 0 Å². The number of hydrogen-bond acceptors (Lipinski definition) is 5. The molecule has 1 saturated heterocycles. The maximum atomic E-state index is 9.40. The van der Waals surface area contributed by atoms with Crippen LogP contribution in [0, 0.1) is 0 Å². The Morgan fingerprint density at radius 1 is 1.19 bits per heavy atom. The first-order valence-electron chi connectivity index (χ1n) is 10.5. The van der Waals surface area contributed by atoms with E-state index in [0.717, 1.165) is 54.3 Å². The fourth-order valence-electron chi connectivity index (χ4n) is 4.67. The van der Waals surface area contributed by atoms with Gasteiger partial charge in [0.25, 0.3) is 0 Å². The van der Waals surface area contributed by atoms with Gasteiger partial charge in [0.15, 0.2) is 0 Å². The molecule has 2 aromatic heterocycles. The highest BCUT2D eigenvalue weighted by Crippen LogP contribution is 2.44. The van der Waals surface area contributed by atoms with Gasteiger partial charge < -0.3 is 9.88 Å². The van der Waals surface area contributed by atoms with Gasteiger partial charge in [0, 0.05) is 50.5 Å². The Kier molecular flexibility index (Phi) is 5.26. The molecule has 1 unspecified atom stereocenters. The number of benzene rings is 1. The molecule has 0 radical (unpaired) electrons. The summed E-state index contributed by atoms with van der Waals surface area (Å²) in [5, 5.41) is 7.66. The zero-order valence-electron chi connectivity index (χ0n) is 17.4. The third-order valence-electron chi connectivity index (χ3n) is 6.12. The van der Waals surface area contributed by atoms with Gasteiger partial charge in [-0.2, -0.15) is 0 Å². The van der Waals surface area contributed by atoms with Crippen LogP contribution in [-0.4, -0.2) is 45.6 Å². The monoisotopic (exact) mass is 412 g/mol. The number of piperazine rings is 1. The van der Waals surface area contributed by atoms with Crippen molar-refractivity contribution in [2.45, 2.75) is 12.1 Å². The number of azide groups is 1. The fourth-order valence-corrected chi connectivity index (χ4v) is 4.67. The van der Waals surface area contributed by atoms with Gasteiger partial charge in [0.1, 0.15) is 6.04 Å². The Morgan fingerprint density at radius 2 is 2.03 bits per heavy atom. The zero-order chi connectivity index (χ0) is 21.2. The van der Waals surface area contributed by atoms with Crippen LogP contribution >= 0.6 is 0 Å². The van der Waals surface area contributed by atoms with Crippen molar-refractivity contribution < 1.29 is 0 Å². The predicted molar refractivity (Wildman–Crippen MR) is 120 cm³/mol. The number of pyridine rings is 1. The first-order valence-corrected chi connectivity index (χ1v) is 10.5. The van der Waals surface area contributed by atoms with Crippen LogP contribution in [0.1, 0.15) is 40.2 Å². The molecule has 8 nitrogen and oxygen atoms in total. The molecule has 5 rings (SSSR count). The average molecular weight is 413 g/mol. The lowest BCUT2D eigenvalue weighted by atomic mass is 9.90. The molecular formula is C23H24N8. The van der Waals surface area contributed by atoms with Crippen LogP contribution in [0.2, 0.25) is 0 Å². The fraction of sp³-hybridized carbons (Fsp3) is 0.304. The van der Waals surface area contributed by atoms with E-state index in [1.165, 1.54) is 5.56 Å². The lowest BCUT2D eigenvalue weighted by Crippen LogP contribution is -2.45. The second-order valence-electron chi connectivity index (χ2n) is 7.89. The summed E-state index contributed by atoms with van der Waals surface area (Å²) in [4.78, 5) is 14.8. The Labute approximate surface area is 180 Å². The average Bonchev–Trinajstić information content (AvgIpc) is 3.17. The van der Waals surface area contributed by atoms with Crippen LogP contribution in [0.25, 0.3) is 22.1 Å². The summed E-state index contributed by atoms with van der Waals surface area (Å²) >= 11 is 0. The predicted octanol–water partition coefficient (Wildman–Crippen LogP) is 3.72. The van der Waals surface area contributed by atoms with Crippen molar-refractivity contribution in [3.63, 3.8) is 0 Å². The first-order chi connectivity index (χ1) is 15.3. The van der Waals surface area contributed by atoms with Gasteiger partial charge in [-0.15, -0.1) is 0 Å². The number of nitrogens with one attached hydrogen (secondary N) is 1. The van der Waals surface area contributed by atoms with Gasteiger partial charge in [0.05, 0.1) is 23.8 Å². The second kappa shape index (κ2) is 8.35. The minimum absolute atomic E-state index is 0.0431. The molecule has 1 aromatic carbocycles. The van der Waals surface area contributed by atoms with Crippen molar-refractivity contribution in [2.75, 3.05) is 26.2 Å². The van der Waals surface area contributed by atoms with Crippen LogP contribution in [0.4, 0.5) is 0 Å². The third kappa shape index (κ3) is 3.51. The Balaban J connectivity index is 1.75. The van der Waals surface area contributed by atoms with Crippen molar-refractivity contribution in [3.05, 3.63) is 93.6 Å². The van der Waals surface area contributed by atoms with Gasteiger partial charge in [-0.25, -0.2) is 4.98 Å². The van der Waals surface area contributed by atoms with Crippen molar-refractivity contribution >= 4 is 11.6 Å². The number of aryl methyl sites for hydroxylation is 1. The highest BCUT2D eigenvalue weighted by Gasteiger charge is 2.33. The number of imidazole rings is 1. The third-order valence-corrected chi connectivity index (χ3v) is 6.12. The normalized spacial score (nSPS) is 19.4. The van der Waals surface area contributed by atoms with Gasteiger partial charge in [-0.05, 0) is 39.9 Å². The van der Waals surface area contributed by atoms with E-state index in [-0.39, 0.29) is 6.04 Å². The molecule has 1 aliphatic carbocycles. The molecule has 31 heavy (non-hydrogen) atoms. The molecule has 1 fully saturated rings. The molecule has 3 heterocycles. The molecule has 2 atom stereocenters. The first kappa shape index (κ1) is 19.5. The number of fused-ring (bicyclic) bond motifs is 2. The minimum Gasteiger partial charge on any atom is -0.337 e. The van der Waals surface area contributed by atoms with Crippen LogP contribution < -0.4 is 5.32 Å². The summed E-state index contributed by atoms with van der Waals surface area (Å²) in [5.74, 6) is 0. The lowest BCUT2D eigenvalue weighted by molar-refractivity contribution is 0.195. The Morgan fingerprint density at radius 3 is 2.81 bits per heavy atom. The highest BCUT2D eigenvalue weighted by atomic mass is 15.2. The van der Waals surface area contributed by atoms with Crippen LogP contribution in [0.5, 0.6) is 0 Å². The van der Waals surface area contributed by atoms with Crippen LogP contribution in [0.15, 0.2) is 60.2 Å². The maximum absolute atomic E-state index is 9.40. The van der Waals surface area contributed by atoms with Gasteiger partial charge in [-0.1, -0.05) is 35.4 Å². The summed E-state index contributed by atoms with van der Waals surface area (Å²) < 4.78 is 1.91. The van der Waals surface area contributed by atoms with Crippen molar-refractivity contribution in [1.82, 2.24) is 24.8 Å². The molecule has 3 aromatic rings. The van der Waals surface area contributed by atoms with Crippen molar-refractivity contribution in [1.29, 1.82) is 0 Å². The molecule has 156 valence electrons. The molecule has 1 N–H and O–H groups in total. The summed E-state index contributed by atoms with van der Waals surface area (Å²) in [5.41, 5.74) is 15.6. The summed E-state index contributed by atoms with van der Waals surface area (Å²) in [7, 11) is 1.92. The van der Waals surface area contributed by atoms with E-state index in [2.05, 4.69) is 55.6 Å². The van der Waals surface area contributed by atoms with Gasteiger partial charge in [-0.3, -0.25) is 9.88 Å². The number of aromatic nitrogens is 3. The van der Waals surface area contributed by atoms with E-state index < -0.39 is 6.04 Å². The lowest BCUT2D eigenvalue weighted by Gasteiger charge is -2.36. The summed E-state index contributed by atoms with van der Waals surface area (Å²) in [6.45, 7) is 3.81. The molecule has 0 saturated carbocycles. The standard InChI is InChI=1S/C23H24N8/c1-30-15-26-14-20(30)22(28-29-24)19-13-16-5-4-8-27-21(16)23(31-11-9-25-10-12-31)18-7-3-2-6-17(18)19/h2-8,13-15,22-23,25H,9-12H2,1H3/t22?,23-/m0/s1.